The fourth-order valence-electron chi connectivity index (χ4n) is 3.11. The lowest BCUT2D eigenvalue weighted by Gasteiger charge is -2.31. The molecule has 0 saturated carbocycles. The molecule has 0 aliphatic carbocycles. The van der Waals surface area contributed by atoms with Crippen LogP contribution in [0.15, 0.2) is 17.7 Å². The number of carbonyl (C=O) groups excluding carboxylic acids is 1. The second-order valence-electron chi connectivity index (χ2n) is 6.85. The smallest absolute Gasteiger partial charge is 0.346 e. The van der Waals surface area contributed by atoms with Crippen LogP contribution in [0.4, 0.5) is 0 Å². The number of benzene rings is 1. The number of methoxy groups -OCH3 is 2. The molecular formula is C22H31O7-. The SMILES string of the molecule is CCCCCC(CC)(CC)OC(=O)C(=Cc1cc(OC)c([O-])c(OC)c1)C(=O)O. The molecule has 7 nitrogen and oxygen atoms in total. The normalized spacial score (nSPS) is 11.8. The second kappa shape index (κ2) is 11.3. The van der Waals surface area contributed by atoms with Crippen molar-refractivity contribution < 1.29 is 34.0 Å². The van der Waals surface area contributed by atoms with E-state index in [4.69, 9.17) is 14.2 Å². The minimum atomic E-state index is -1.41. The lowest BCUT2D eigenvalue weighted by molar-refractivity contribution is -0.271. The first kappa shape index (κ1) is 24.3. The molecule has 0 aromatic heterocycles. The van der Waals surface area contributed by atoms with Crippen LogP contribution in [0.3, 0.4) is 0 Å². The van der Waals surface area contributed by atoms with Crippen molar-refractivity contribution in [1.82, 2.24) is 0 Å². The third-order valence-corrected chi connectivity index (χ3v) is 5.08. The molecule has 1 aromatic carbocycles. The molecule has 0 amide bonds. The molecule has 0 saturated heterocycles. The maximum Gasteiger partial charge on any atom is 0.346 e. The predicted molar refractivity (Wildman–Crippen MR) is 108 cm³/mol. The van der Waals surface area contributed by atoms with Gasteiger partial charge in [0.05, 0.1) is 14.2 Å². The number of ether oxygens (including phenoxy) is 3. The van der Waals surface area contributed by atoms with Crippen LogP contribution in [-0.4, -0.2) is 36.9 Å². The number of aliphatic carboxylic acids is 1. The summed E-state index contributed by atoms with van der Waals surface area (Å²) in [6, 6.07) is 2.71. The van der Waals surface area contributed by atoms with Gasteiger partial charge in [0.25, 0.3) is 0 Å². The van der Waals surface area contributed by atoms with Gasteiger partial charge < -0.3 is 24.4 Å². The predicted octanol–water partition coefficient (Wildman–Crippen LogP) is 3.93. The Balaban J connectivity index is 3.25. The van der Waals surface area contributed by atoms with Gasteiger partial charge in [-0.1, -0.05) is 33.6 Å². The largest absolute Gasteiger partial charge is 0.867 e. The quantitative estimate of drug-likeness (QED) is 0.184. The van der Waals surface area contributed by atoms with Crippen LogP contribution in [0.2, 0.25) is 0 Å². The van der Waals surface area contributed by atoms with Gasteiger partial charge in [-0.15, -0.1) is 0 Å². The van der Waals surface area contributed by atoms with Gasteiger partial charge >= 0.3 is 11.9 Å². The number of hydrogen-bond acceptors (Lipinski definition) is 6. The van der Waals surface area contributed by atoms with Crippen molar-refractivity contribution in [2.75, 3.05) is 14.2 Å². The van der Waals surface area contributed by atoms with Gasteiger partial charge in [-0.2, -0.15) is 0 Å². The molecule has 29 heavy (non-hydrogen) atoms. The summed E-state index contributed by atoms with van der Waals surface area (Å²) < 4.78 is 15.7. The maximum atomic E-state index is 12.7. The molecule has 0 bridgehead atoms. The van der Waals surface area contributed by atoms with Crippen LogP contribution in [0.5, 0.6) is 17.2 Å². The van der Waals surface area contributed by atoms with Crippen LogP contribution in [0.1, 0.15) is 64.9 Å². The Morgan fingerprint density at radius 1 is 1.07 bits per heavy atom. The summed E-state index contributed by atoms with van der Waals surface area (Å²) in [4.78, 5) is 24.5. The van der Waals surface area contributed by atoms with Crippen LogP contribution >= 0.6 is 0 Å². The summed E-state index contributed by atoms with van der Waals surface area (Å²) in [7, 11) is 2.65. The van der Waals surface area contributed by atoms with Gasteiger partial charge in [0.2, 0.25) is 0 Å². The highest BCUT2D eigenvalue weighted by atomic mass is 16.6. The van der Waals surface area contributed by atoms with E-state index in [1.54, 1.807) is 0 Å². The van der Waals surface area contributed by atoms with Gasteiger partial charge in [-0.3, -0.25) is 0 Å². The Morgan fingerprint density at radius 3 is 2.03 bits per heavy atom. The molecule has 0 radical (unpaired) electrons. The van der Waals surface area contributed by atoms with Crippen molar-refractivity contribution in [2.45, 2.75) is 64.9 Å². The lowest BCUT2D eigenvalue weighted by Crippen LogP contribution is -2.35. The van der Waals surface area contributed by atoms with E-state index in [0.29, 0.717) is 19.3 Å². The van der Waals surface area contributed by atoms with Crippen molar-refractivity contribution in [3.8, 4) is 17.2 Å². The molecule has 1 aromatic rings. The minimum absolute atomic E-state index is 0.00950. The molecule has 1 rings (SSSR count). The highest BCUT2D eigenvalue weighted by Crippen LogP contribution is 2.35. The van der Waals surface area contributed by atoms with E-state index in [1.807, 2.05) is 13.8 Å². The first-order valence-electron chi connectivity index (χ1n) is 9.88. The van der Waals surface area contributed by atoms with Crippen molar-refractivity contribution in [3.05, 3.63) is 23.3 Å². The van der Waals surface area contributed by atoms with Gasteiger partial charge in [0.15, 0.2) is 0 Å². The average molecular weight is 407 g/mol. The summed E-state index contributed by atoms with van der Waals surface area (Å²) in [5.74, 6) is -2.79. The van der Waals surface area contributed by atoms with Crippen molar-refractivity contribution in [2.24, 2.45) is 0 Å². The van der Waals surface area contributed by atoms with Crippen molar-refractivity contribution in [3.63, 3.8) is 0 Å². The molecule has 0 unspecified atom stereocenters. The molecule has 1 N–H and O–H groups in total. The summed E-state index contributed by atoms with van der Waals surface area (Å²) in [5, 5.41) is 21.6. The Labute approximate surface area is 172 Å². The average Bonchev–Trinajstić information content (AvgIpc) is 2.71. The van der Waals surface area contributed by atoms with Crippen LogP contribution < -0.4 is 14.6 Å². The fraction of sp³-hybridized carbons (Fsp3) is 0.545. The Kier molecular flexibility index (Phi) is 9.51. The molecule has 0 heterocycles. The van der Waals surface area contributed by atoms with E-state index < -0.39 is 28.9 Å². The highest BCUT2D eigenvalue weighted by molar-refractivity contribution is 6.17. The topological polar surface area (TPSA) is 105 Å². The Morgan fingerprint density at radius 2 is 1.62 bits per heavy atom. The van der Waals surface area contributed by atoms with E-state index >= 15 is 0 Å². The fourth-order valence-corrected chi connectivity index (χ4v) is 3.11. The highest BCUT2D eigenvalue weighted by Gasteiger charge is 2.33. The number of carbonyl (C=O) groups is 2. The van der Waals surface area contributed by atoms with Crippen molar-refractivity contribution >= 4 is 18.0 Å². The zero-order valence-corrected chi connectivity index (χ0v) is 17.9. The number of carboxylic acid groups (broad SMARTS) is 1. The molecule has 0 atom stereocenters. The maximum absolute atomic E-state index is 12.7. The number of esters is 1. The zero-order chi connectivity index (χ0) is 22.0. The molecule has 0 aliphatic rings. The van der Waals surface area contributed by atoms with E-state index in [-0.39, 0.29) is 17.1 Å². The van der Waals surface area contributed by atoms with Crippen LogP contribution in [-0.2, 0) is 14.3 Å². The summed E-state index contributed by atoms with van der Waals surface area (Å²) >= 11 is 0. The summed E-state index contributed by atoms with van der Waals surface area (Å²) in [6.45, 7) is 5.94. The van der Waals surface area contributed by atoms with E-state index in [9.17, 15) is 19.8 Å². The van der Waals surface area contributed by atoms with E-state index in [1.165, 1.54) is 26.4 Å². The zero-order valence-electron chi connectivity index (χ0n) is 17.9. The first-order chi connectivity index (χ1) is 13.8. The summed E-state index contributed by atoms with van der Waals surface area (Å²) in [5.41, 5.74) is -0.929. The number of carboxylic acids is 1. The van der Waals surface area contributed by atoms with Gasteiger partial charge in [-0.05, 0) is 55.2 Å². The first-order valence-corrected chi connectivity index (χ1v) is 9.88. The van der Waals surface area contributed by atoms with Crippen LogP contribution in [0.25, 0.3) is 6.08 Å². The Bertz CT molecular complexity index is 708. The van der Waals surface area contributed by atoms with Gasteiger partial charge in [0.1, 0.15) is 22.7 Å². The molecular weight excluding hydrogens is 376 g/mol. The van der Waals surface area contributed by atoms with Gasteiger partial charge in [-0.25, -0.2) is 9.59 Å². The number of unbranched alkanes of at least 4 members (excludes halogenated alkanes) is 2. The molecule has 0 aliphatic heterocycles. The van der Waals surface area contributed by atoms with Crippen molar-refractivity contribution in [1.29, 1.82) is 0 Å². The molecule has 7 heteroatoms. The Hall–Kier alpha value is -2.70. The monoisotopic (exact) mass is 407 g/mol. The van der Waals surface area contributed by atoms with E-state index in [0.717, 1.165) is 25.3 Å². The molecule has 0 spiro atoms. The van der Waals surface area contributed by atoms with E-state index in [2.05, 4.69) is 6.92 Å². The lowest BCUT2D eigenvalue weighted by atomic mass is 9.90. The molecule has 0 fully saturated rings. The van der Waals surface area contributed by atoms with Gasteiger partial charge in [0, 0.05) is 0 Å². The van der Waals surface area contributed by atoms with Crippen LogP contribution in [0, 0.1) is 0 Å². The minimum Gasteiger partial charge on any atom is -0.867 e. The second-order valence-corrected chi connectivity index (χ2v) is 6.85. The molecule has 162 valence electrons. The standard InChI is InChI=1S/C22H32O7/c1-6-9-10-11-22(7-2,8-3)29-21(26)16(20(24)25)12-15-13-17(27-4)19(23)18(14-15)28-5/h12-14,23H,6-11H2,1-5H3,(H,24,25)/p-1. The third kappa shape index (κ3) is 6.41. The number of hydrogen-bond donors (Lipinski definition) is 1. The third-order valence-electron chi connectivity index (χ3n) is 5.08. The number of rotatable bonds is 12. The summed E-state index contributed by atoms with van der Waals surface area (Å²) in [6.07, 6.45) is 5.99.